The molecular weight excluding hydrogens is 396 g/mol. The minimum absolute atomic E-state index is 0.0357. The minimum atomic E-state index is -0.528. The molecule has 1 aliphatic heterocycles. The molecular formula is C24H34N2O5. The summed E-state index contributed by atoms with van der Waals surface area (Å²) in [6.07, 6.45) is 3.33. The van der Waals surface area contributed by atoms with Crippen molar-refractivity contribution in [1.82, 2.24) is 10.2 Å². The van der Waals surface area contributed by atoms with Gasteiger partial charge in [0.2, 0.25) is 5.91 Å². The predicted molar refractivity (Wildman–Crippen MR) is 117 cm³/mol. The van der Waals surface area contributed by atoms with Crippen molar-refractivity contribution >= 4 is 18.0 Å². The molecule has 1 N–H and O–H groups in total. The quantitative estimate of drug-likeness (QED) is 0.742. The number of carbonyl (C=O) groups excluding carboxylic acids is 3. The lowest BCUT2D eigenvalue weighted by Crippen LogP contribution is -2.52. The Hall–Kier alpha value is -2.57. The fourth-order valence-electron chi connectivity index (χ4n) is 4.22. The number of benzene rings is 1. The summed E-state index contributed by atoms with van der Waals surface area (Å²) in [5, 5.41) is 3.23. The predicted octanol–water partition coefficient (Wildman–Crippen LogP) is 3.48. The zero-order chi connectivity index (χ0) is 22.8. The highest BCUT2D eigenvalue weighted by molar-refractivity contribution is 5.89. The number of amides is 2. The molecule has 1 heterocycles. The van der Waals surface area contributed by atoms with E-state index < -0.39 is 11.0 Å². The first kappa shape index (κ1) is 23.1. The van der Waals surface area contributed by atoms with E-state index >= 15 is 0 Å². The summed E-state index contributed by atoms with van der Waals surface area (Å²) in [6, 6.07) is 5.69. The Balaban J connectivity index is 1.57. The standard InChI is InChI=1S/C24H34N2O5/c1-23(2,3)31-22(29)26-12-10-24(4,11-13-26)21(28)25-19-9-8-16-6-7-17(20(27)30-5)14-18(16)15-19/h6-7,14,19H,8-13,15H2,1-5H3,(H,25,28). The van der Waals surface area contributed by atoms with Crippen molar-refractivity contribution in [2.45, 2.75) is 71.4 Å². The first-order chi connectivity index (χ1) is 14.5. The summed E-state index contributed by atoms with van der Waals surface area (Å²) < 4.78 is 10.3. The average molecular weight is 431 g/mol. The summed E-state index contributed by atoms with van der Waals surface area (Å²) in [6.45, 7) is 8.54. The molecule has 1 unspecified atom stereocenters. The molecule has 1 aromatic carbocycles. The van der Waals surface area contributed by atoms with Crippen LogP contribution < -0.4 is 5.32 Å². The van der Waals surface area contributed by atoms with Crippen LogP contribution in [-0.2, 0) is 27.1 Å². The Morgan fingerprint density at radius 1 is 1.13 bits per heavy atom. The number of rotatable bonds is 3. The lowest BCUT2D eigenvalue weighted by molar-refractivity contribution is -0.133. The first-order valence-corrected chi connectivity index (χ1v) is 11.0. The number of hydrogen-bond acceptors (Lipinski definition) is 5. The van der Waals surface area contributed by atoms with Crippen LogP contribution in [0.5, 0.6) is 0 Å². The molecule has 1 aliphatic carbocycles. The van der Waals surface area contributed by atoms with Crippen LogP contribution in [0, 0.1) is 5.41 Å². The van der Waals surface area contributed by atoms with E-state index in [2.05, 4.69) is 5.32 Å². The van der Waals surface area contributed by atoms with Gasteiger partial charge < -0.3 is 19.7 Å². The Morgan fingerprint density at radius 3 is 2.42 bits per heavy atom. The lowest BCUT2D eigenvalue weighted by Gasteiger charge is -2.39. The lowest BCUT2D eigenvalue weighted by atomic mass is 9.78. The number of esters is 1. The zero-order valence-corrected chi connectivity index (χ0v) is 19.2. The van der Waals surface area contributed by atoms with E-state index in [0.717, 1.165) is 18.4 Å². The molecule has 0 aromatic heterocycles. The molecule has 2 aliphatic rings. The molecule has 0 bridgehead atoms. The van der Waals surface area contributed by atoms with E-state index in [4.69, 9.17) is 9.47 Å². The molecule has 0 spiro atoms. The number of likely N-dealkylation sites (tertiary alicyclic amines) is 1. The molecule has 1 saturated heterocycles. The molecule has 1 aromatic rings. The highest BCUT2D eigenvalue weighted by atomic mass is 16.6. The summed E-state index contributed by atoms with van der Waals surface area (Å²) >= 11 is 0. The number of nitrogens with one attached hydrogen (secondary N) is 1. The maximum Gasteiger partial charge on any atom is 0.410 e. The molecule has 0 saturated carbocycles. The van der Waals surface area contributed by atoms with Crippen LogP contribution in [0.2, 0.25) is 0 Å². The highest BCUT2D eigenvalue weighted by Gasteiger charge is 2.40. The minimum Gasteiger partial charge on any atom is -0.465 e. The van der Waals surface area contributed by atoms with E-state index in [1.54, 1.807) is 11.0 Å². The summed E-state index contributed by atoms with van der Waals surface area (Å²) in [5.74, 6) is -0.313. The van der Waals surface area contributed by atoms with Gasteiger partial charge in [-0.15, -0.1) is 0 Å². The van der Waals surface area contributed by atoms with Gasteiger partial charge in [0.05, 0.1) is 12.7 Å². The number of aryl methyl sites for hydroxylation is 1. The maximum atomic E-state index is 13.1. The second kappa shape index (κ2) is 8.89. The Morgan fingerprint density at radius 2 is 1.81 bits per heavy atom. The van der Waals surface area contributed by atoms with Crippen LogP contribution in [0.25, 0.3) is 0 Å². The van der Waals surface area contributed by atoms with Crippen LogP contribution in [0.3, 0.4) is 0 Å². The van der Waals surface area contributed by atoms with E-state index in [-0.39, 0.29) is 24.0 Å². The molecule has 0 radical (unpaired) electrons. The molecule has 1 atom stereocenters. The maximum absolute atomic E-state index is 13.1. The number of nitrogens with zero attached hydrogens (tertiary/aromatic N) is 1. The monoisotopic (exact) mass is 430 g/mol. The molecule has 2 amide bonds. The molecule has 3 rings (SSSR count). The fourth-order valence-corrected chi connectivity index (χ4v) is 4.22. The van der Waals surface area contributed by atoms with Gasteiger partial charge in [0, 0.05) is 24.5 Å². The normalized spacial score (nSPS) is 20.4. The molecule has 1 fully saturated rings. The first-order valence-electron chi connectivity index (χ1n) is 11.0. The SMILES string of the molecule is COC(=O)c1ccc2c(c1)CC(NC(=O)C1(C)CCN(C(=O)OC(C)(C)C)CC1)CC2. The van der Waals surface area contributed by atoms with Crippen molar-refractivity contribution in [3.63, 3.8) is 0 Å². The summed E-state index contributed by atoms with van der Waals surface area (Å²) in [7, 11) is 1.37. The van der Waals surface area contributed by atoms with Crippen LogP contribution in [0.4, 0.5) is 4.79 Å². The summed E-state index contributed by atoms with van der Waals surface area (Å²) in [5.41, 5.74) is 1.81. The van der Waals surface area contributed by atoms with Gasteiger partial charge in [-0.3, -0.25) is 4.79 Å². The van der Waals surface area contributed by atoms with E-state index in [9.17, 15) is 14.4 Å². The van der Waals surface area contributed by atoms with Gasteiger partial charge in [-0.25, -0.2) is 9.59 Å². The number of hydrogen-bond donors (Lipinski definition) is 1. The topological polar surface area (TPSA) is 84.9 Å². The van der Waals surface area contributed by atoms with E-state index in [1.807, 2.05) is 39.8 Å². The third-order valence-electron chi connectivity index (χ3n) is 6.26. The largest absolute Gasteiger partial charge is 0.465 e. The number of fused-ring (bicyclic) bond motifs is 1. The van der Waals surface area contributed by atoms with Crippen LogP contribution in [0.1, 0.15) is 68.4 Å². The van der Waals surface area contributed by atoms with Crippen LogP contribution in [-0.4, -0.2) is 54.7 Å². The van der Waals surface area contributed by atoms with Crippen LogP contribution in [0.15, 0.2) is 18.2 Å². The van der Waals surface area contributed by atoms with Crippen molar-refractivity contribution in [3.8, 4) is 0 Å². The van der Waals surface area contributed by atoms with E-state index in [1.165, 1.54) is 12.7 Å². The van der Waals surface area contributed by atoms with Gasteiger partial charge in [-0.1, -0.05) is 13.0 Å². The van der Waals surface area contributed by atoms with Crippen molar-refractivity contribution in [2.24, 2.45) is 5.41 Å². The van der Waals surface area contributed by atoms with Crippen molar-refractivity contribution < 1.29 is 23.9 Å². The Bertz CT molecular complexity index is 850. The molecule has 7 heteroatoms. The fraction of sp³-hybridized carbons (Fsp3) is 0.625. The number of ether oxygens (including phenoxy) is 2. The highest BCUT2D eigenvalue weighted by Crippen LogP contribution is 2.33. The third-order valence-corrected chi connectivity index (χ3v) is 6.26. The van der Waals surface area contributed by atoms with Gasteiger partial charge in [-0.05, 0) is 76.1 Å². The molecule has 7 nitrogen and oxygen atoms in total. The van der Waals surface area contributed by atoms with Gasteiger partial charge in [0.1, 0.15) is 5.60 Å². The second-order valence-electron chi connectivity index (χ2n) is 9.92. The second-order valence-corrected chi connectivity index (χ2v) is 9.92. The smallest absolute Gasteiger partial charge is 0.410 e. The molecule has 170 valence electrons. The van der Waals surface area contributed by atoms with Crippen molar-refractivity contribution in [1.29, 1.82) is 0 Å². The van der Waals surface area contributed by atoms with Crippen molar-refractivity contribution in [3.05, 3.63) is 34.9 Å². The molecule has 31 heavy (non-hydrogen) atoms. The number of methoxy groups -OCH3 is 1. The van der Waals surface area contributed by atoms with Gasteiger partial charge >= 0.3 is 12.1 Å². The van der Waals surface area contributed by atoms with Crippen molar-refractivity contribution in [2.75, 3.05) is 20.2 Å². The Kier molecular flexibility index (Phi) is 6.62. The van der Waals surface area contributed by atoms with Gasteiger partial charge in [0.15, 0.2) is 0 Å². The van der Waals surface area contributed by atoms with E-state index in [0.29, 0.717) is 37.9 Å². The summed E-state index contributed by atoms with van der Waals surface area (Å²) in [4.78, 5) is 38.9. The van der Waals surface area contributed by atoms with Gasteiger partial charge in [-0.2, -0.15) is 0 Å². The third kappa shape index (κ3) is 5.57. The number of carbonyl (C=O) groups is 3. The van der Waals surface area contributed by atoms with Gasteiger partial charge in [0.25, 0.3) is 0 Å². The Labute approximate surface area is 184 Å². The average Bonchev–Trinajstić information content (AvgIpc) is 2.71. The zero-order valence-electron chi connectivity index (χ0n) is 19.2. The van der Waals surface area contributed by atoms with Crippen LogP contribution >= 0.6 is 0 Å². The number of piperidine rings is 1.